The smallest absolute Gasteiger partial charge is 0.220 e. The highest BCUT2D eigenvalue weighted by atomic mass is 16.5. The maximum atomic E-state index is 12.5. The summed E-state index contributed by atoms with van der Waals surface area (Å²) in [7, 11) is 1.66. The van der Waals surface area contributed by atoms with E-state index in [1.165, 1.54) is 0 Å². The largest absolute Gasteiger partial charge is 0.497 e. The van der Waals surface area contributed by atoms with Crippen LogP contribution in [0.25, 0.3) is 5.69 Å². The summed E-state index contributed by atoms with van der Waals surface area (Å²) in [5, 5.41) is 7.81. The highest BCUT2D eigenvalue weighted by molar-refractivity contribution is 5.76. The van der Waals surface area contributed by atoms with Gasteiger partial charge < -0.3 is 14.8 Å². The molecule has 1 saturated heterocycles. The number of carbonyl (C=O) groups excluding carboxylic acids is 1. The van der Waals surface area contributed by atoms with Crippen molar-refractivity contribution in [3.05, 3.63) is 41.2 Å². The lowest BCUT2D eigenvalue weighted by atomic mass is 10.0. The van der Waals surface area contributed by atoms with Gasteiger partial charge in [-0.3, -0.25) is 9.69 Å². The van der Waals surface area contributed by atoms with Crippen molar-refractivity contribution in [2.75, 3.05) is 40.0 Å². The summed E-state index contributed by atoms with van der Waals surface area (Å²) >= 11 is 0. The Morgan fingerprint density at radius 3 is 2.70 bits per heavy atom. The first-order valence-electron chi connectivity index (χ1n) is 10.6. The minimum Gasteiger partial charge on any atom is -0.497 e. The predicted molar refractivity (Wildman–Crippen MR) is 117 cm³/mol. The van der Waals surface area contributed by atoms with Gasteiger partial charge in [0.2, 0.25) is 5.91 Å². The average molecular weight is 415 g/mol. The van der Waals surface area contributed by atoms with Crippen molar-refractivity contribution in [3.63, 3.8) is 0 Å². The summed E-state index contributed by atoms with van der Waals surface area (Å²) in [5.74, 6) is 0.869. The number of rotatable bonds is 8. The monoisotopic (exact) mass is 414 g/mol. The van der Waals surface area contributed by atoms with Crippen LogP contribution in [-0.2, 0) is 16.0 Å². The lowest BCUT2D eigenvalue weighted by Gasteiger charge is -2.40. The second-order valence-corrected chi connectivity index (χ2v) is 8.45. The molecule has 1 fully saturated rings. The Balaban J connectivity index is 1.59. The number of aryl methyl sites for hydroxylation is 1. The maximum Gasteiger partial charge on any atom is 0.220 e. The molecule has 3 rings (SSSR count). The van der Waals surface area contributed by atoms with Crippen LogP contribution in [0.5, 0.6) is 5.75 Å². The van der Waals surface area contributed by atoms with E-state index in [1.807, 2.05) is 42.8 Å². The first kappa shape index (κ1) is 22.3. The van der Waals surface area contributed by atoms with Crippen LogP contribution in [0.4, 0.5) is 0 Å². The third-order valence-electron chi connectivity index (χ3n) is 5.93. The molecule has 0 radical (unpaired) electrons. The van der Waals surface area contributed by atoms with Crippen molar-refractivity contribution in [3.8, 4) is 11.4 Å². The SMILES string of the molecule is COc1cccc(-n2nc(C)c(CCC(=O)NCC(C)(C)N3CCOCC3)c2C)c1. The lowest BCUT2D eigenvalue weighted by molar-refractivity contribution is -0.121. The van der Waals surface area contributed by atoms with Crippen LogP contribution in [-0.4, -0.2) is 66.1 Å². The molecule has 2 heterocycles. The average Bonchev–Trinajstić information content (AvgIpc) is 3.05. The molecule has 1 aliphatic heterocycles. The Bertz CT molecular complexity index is 869. The van der Waals surface area contributed by atoms with Crippen LogP contribution in [0.3, 0.4) is 0 Å². The maximum absolute atomic E-state index is 12.5. The van der Waals surface area contributed by atoms with E-state index in [1.54, 1.807) is 7.11 Å². The summed E-state index contributed by atoms with van der Waals surface area (Å²) in [4.78, 5) is 14.9. The van der Waals surface area contributed by atoms with E-state index in [-0.39, 0.29) is 11.4 Å². The molecule has 7 nitrogen and oxygen atoms in total. The van der Waals surface area contributed by atoms with Gasteiger partial charge in [0, 0.05) is 43.4 Å². The number of nitrogens with one attached hydrogen (secondary N) is 1. The third kappa shape index (κ3) is 5.21. The van der Waals surface area contributed by atoms with Gasteiger partial charge in [0.05, 0.1) is 31.7 Å². The van der Waals surface area contributed by atoms with Gasteiger partial charge in [-0.25, -0.2) is 4.68 Å². The van der Waals surface area contributed by atoms with Crippen LogP contribution in [0.1, 0.15) is 37.2 Å². The van der Waals surface area contributed by atoms with E-state index < -0.39 is 0 Å². The molecule has 7 heteroatoms. The molecular formula is C23H34N4O3. The van der Waals surface area contributed by atoms with Crippen molar-refractivity contribution < 1.29 is 14.3 Å². The predicted octanol–water partition coefficient (Wildman–Crippen LogP) is 2.66. The van der Waals surface area contributed by atoms with Crippen molar-refractivity contribution in [1.82, 2.24) is 20.0 Å². The van der Waals surface area contributed by atoms with Crippen LogP contribution in [0, 0.1) is 13.8 Å². The Morgan fingerprint density at radius 2 is 2.00 bits per heavy atom. The molecule has 0 spiro atoms. The number of aromatic nitrogens is 2. The Kier molecular flexibility index (Phi) is 7.15. The van der Waals surface area contributed by atoms with Gasteiger partial charge in [0.1, 0.15) is 5.75 Å². The quantitative estimate of drug-likeness (QED) is 0.719. The zero-order chi connectivity index (χ0) is 21.7. The molecular weight excluding hydrogens is 380 g/mol. The number of benzene rings is 1. The second kappa shape index (κ2) is 9.62. The fraction of sp³-hybridized carbons (Fsp3) is 0.565. The second-order valence-electron chi connectivity index (χ2n) is 8.45. The summed E-state index contributed by atoms with van der Waals surface area (Å²) in [6, 6.07) is 7.84. The Morgan fingerprint density at radius 1 is 1.27 bits per heavy atom. The van der Waals surface area contributed by atoms with Crippen molar-refractivity contribution >= 4 is 5.91 Å². The normalized spacial score (nSPS) is 15.2. The van der Waals surface area contributed by atoms with E-state index in [9.17, 15) is 4.79 Å². The number of nitrogens with zero attached hydrogens (tertiary/aromatic N) is 3. The van der Waals surface area contributed by atoms with Crippen LogP contribution in [0.2, 0.25) is 0 Å². The molecule has 30 heavy (non-hydrogen) atoms. The fourth-order valence-electron chi connectivity index (χ4n) is 3.95. The van der Waals surface area contributed by atoms with Gasteiger partial charge in [-0.2, -0.15) is 5.10 Å². The van der Waals surface area contributed by atoms with Gasteiger partial charge in [0.15, 0.2) is 0 Å². The molecule has 1 aliphatic rings. The molecule has 1 aromatic carbocycles. The van der Waals surface area contributed by atoms with Crippen LogP contribution in [0.15, 0.2) is 24.3 Å². The Labute approximate surface area is 179 Å². The van der Waals surface area contributed by atoms with Gasteiger partial charge in [-0.05, 0) is 51.8 Å². The molecule has 0 unspecified atom stereocenters. The lowest BCUT2D eigenvalue weighted by Crippen LogP contribution is -2.55. The number of carbonyl (C=O) groups is 1. The van der Waals surface area contributed by atoms with Gasteiger partial charge in [-0.1, -0.05) is 6.07 Å². The number of hydrogen-bond acceptors (Lipinski definition) is 5. The molecule has 1 N–H and O–H groups in total. The van der Waals surface area contributed by atoms with Crippen molar-refractivity contribution in [1.29, 1.82) is 0 Å². The highest BCUT2D eigenvalue weighted by Crippen LogP contribution is 2.22. The van der Waals surface area contributed by atoms with E-state index >= 15 is 0 Å². The van der Waals surface area contributed by atoms with E-state index in [4.69, 9.17) is 14.6 Å². The minimum atomic E-state index is -0.0808. The molecule has 1 aromatic heterocycles. The number of hydrogen-bond donors (Lipinski definition) is 1. The van der Waals surface area contributed by atoms with E-state index in [0.29, 0.717) is 19.4 Å². The molecule has 0 aliphatic carbocycles. The zero-order valence-corrected chi connectivity index (χ0v) is 18.8. The third-order valence-corrected chi connectivity index (χ3v) is 5.93. The Hall–Kier alpha value is -2.38. The summed E-state index contributed by atoms with van der Waals surface area (Å²) in [5.41, 5.74) is 4.01. The zero-order valence-electron chi connectivity index (χ0n) is 18.8. The molecule has 0 atom stereocenters. The van der Waals surface area contributed by atoms with Gasteiger partial charge in [-0.15, -0.1) is 0 Å². The number of amides is 1. The molecule has 1 amide bonds. The number of methoxy groups -OCH3 is 1. The molecule has 0 saturated carbocycles. The molecule has 0 bridgehead atoms. The number of ether oxygens (including phenoxy) is 2. The summed E-state index contributed by atoms with van der Waals surface area (Å²) in [6.07, 6.45) is 1.12. The molecule has 2 aromatic rings. The minimum absolute atomic E-state index is 0.0734. The standard InChI is InChI=1S/C23H34N4O3/c1-17-21(18(2)27(25-17)19-7-6-8-20(15-19)29-5)9-10-22(28)24-16-23(3,4)26-11-13-30-14-12-26/h6-8,15H,9-14,16H2,1-5H3,(H,24,28). The van der Waals surface area contributed by atoms with Crippen molar-refractivity contribution in [2.24, 2.45) is 0 Å². The van der Waals surface area contributed by atoms with E-state index in [2.05, 4.69) is 24.1 Å². The summed E-state index contributed by atoms with van der Waals surface area (Å²) < 4.78 is 12.7. The first-order valence-corrected chi connectivity index (χ1v) is 10.6. The van der Waals surface area contributed by atoms with Crippen LogP contribution >= 0.6 is 0 Å². The first-order chi connectivity index (χ1) is 14.3. The van der Waals surface area contributed by atoms with E-state index in [0.717, 1.165) is 54.7 Å². The fourth-order valence-corrected chi connectivity index (χ4v) is 3.95. The van der Waals surface area contributed by atoms with Crippen molar-refractivity contribution in [2.45, 2.75) is 46.1 Å². The number of morpholine rings is 1. The van der Waals surface area contributed by atoms with Gasteiger partial charge >= 0.3 is 0 Å². The topological polar surface area (TPSA) is 68.6 Å². The summed E-state index contributed by atoms with van der Waals surface area (Å²) in [6.45, 7) is 12.4. The van der Waals surface area contributed by atoms with Crippen LogP contribution < -0.4 is 10.1 Å². The van der Waals surface area contributed by atoms with Gasteiger partial charge in [0.25, 0.3) is 0 Å². The highest BCUT2D eigenvalue weighted by Gasteiger charge is 2.28. The molecule has 164 valence electrons.